The number of rotatable bonds is 13. The smallest absolute Gasteiger partial charge is 0.305 e. The van der Waals surface area contributed by atoms with E-state index in [2.05, 4.69) is 15.6 Å². The highest BCUT2D eigenvalue weighted by Gasteiger charge is 2.29. The molecule has 44 heavy (non-hydrogen) atoms. The highest BCUT2D eigenvalue weighted by molar-refractivity contribution is 5.96. The van der Waals surface area contributed by atoms with Gasteiger partial charge in [0.15, 0.2) is 11.6 Å². The van der Waals surface area contributed by atoms with Crippen LogP contribution in [-0.2, 0) is 16.0 Å². The molecule has 2 amide bonds. The van der Waals surface area contributed by atoms with Crippen molar-refractivity contribution in [3.8, 4) is 11.1 Å². The van der Waals surface area contributed by atoms with E-state index in [9.17, 15) is 19.5 Å². The predicted octanol–water partition coefficient (Wildman–Crippen LogP) is 5.53. The van der Waals surface area contributed by atoms with Gasteiger partial charge in [0.2, 0.25) is 5.91 Å². The van der Waals surface area contributed by atoms with Crippen LogP contribution in [-0.4, -0.2) is 59.5 Å². The minimum atomic E-state index is -1.40. The summed E-state index contributed by atoms with van der Waals surface area (Å²) in [6, 6.07) is 8.90. The average Bonchev–Trinajstić information content (AvgIpc) is 2.92. The number of benzene rings is 2. The summed E-state index contributed by atoms with van der Waals surface area (Å²) < 4.78 is 30.3. The lowest BCUT2D eigenvalue weighted by molar-refractivity contribution is -0.137. The number of aryl methyl sites for hydroxylation is 3. The summed E-state index contributed by atoms with van der Waals surface area (Å²) in [6.07, 6.45) is 0.148. The highest BCUT2D eigenvalue weighted by Crippen LogP contribution is 2.33. The van der Waals surface area contributed by atoms with Crippen molar-refractivity contribution in [1.29, 1.82) is 0 Å². The summed E-state index contributed by atoms with van der Waals surface area (Å²) in [6.45, 7) is 10.1. The fraction of sp³-hybridized carbons (Fsp3) is 0.412. The average molecular weight is 609 g/mol. The Kier molecular flexibility index (Phi) is 11.7. The lowest BCUT2D eigenvalue weighted by Gasteiger charge is -2.25. The molecule has 0 bridgehead atoms. The fourth-order valence-corrected chi connectivity index (χ4v) is 5.35. The van der Waals surface area contributed by atoms with Gasteiger partial charge in [-0.1, -0.05) is 37.6 Å². The van der Waals surface area contributed by atoms with Crippen molar-refractivity contribution >= 4 is 17.8 Å². The maximum Gasteiger partial charge on any atom is 0.305 e. The van der Waals surface area contributed by atoms with Gasteiger partial charge in [0.25, 0.3) is 5.91 Å². The maximum absolute atomic E-state index is 15.3. The Balaban J connectivity index is 1.94. The van der Waals surface area contributed by atoms with Gasteiger partial charge in [-0.2, -0.15) is 0 Å². The van der Waals surface area contributed by atoms with Crippen molar-refractivity contribution in [2.75, 3.05) is 20.6 Å². The van der Waals surface area contributed by atoms with Gasteiger partial charge in [-0.15, -0.1) is 0 Å². The number of carboxylic acids is 1. The van der Waals surface area contributed by atoms with Gasteiger partial charge >= 0.3 is 5.97 Å². The lowest BCUT2D eigenvalue weighted by atomic mass is 9.90. The van der Waals surface area contributed by atoms with Crippen molar-refractivity contribution in [3.05, 3.63) is 87.7 Å². The molecule has 1 heterocycles. The molecule has 3 N–H and O–H groups in total. The van der Waals surface area contributed by atoms with Gasteiger partial charge < -0.3 is 20.6 Å². The first kappa shape index (κ1) is 34.3. The maximum atomic E-state index is 15.3. The second-order valence-electron chi connectivity index (χ2n) is 12.0. The van der Waals surface area contributed by atoms with E-state index in [0.717, 1.165) is 29.3 Å². The quantitative estimate of drug-likeness (QED) is 0.235. The van der Waals surface area contributed by atoms with E-state index in [1.54, 1.807) is 12.1 Å². The standard InChI is InChI=1S/C34H42F2N4O4/c1-19(2)13-29(39-33(43)27-10-8-9-24(37-27)11-12-40(6)7)34(44)38-28(18-30(41)42)25-16-23(17-26(35)32(25)36)31-21(4)14-20(3)15-22(31)5/h8-10,14-17,19,28-29H,11-13,18H2,1-7H3,(H,38,44)(H,39,43)(H,41,42)/t28-,29-/m0/s1. The number of hydrogen-bond donors (Lipinski definition) is 3. The van der Waals surface area contributed by atoms with Crippen LogP contribution in [0.2, 0.25) is 0 Å². The van der Waals surface area contributed by atoms with Gasteiger partial charge in [-0.05, 0) is 93.7 Å². The molecular weight excluding hydrogens is 566 g/mol. The SMILES string of the molecule is Cc1cc(C)c(-c2cc(F)c(F)c([C@H](CC(=O)O)NC(=O)[C@H](CC(C)C)NC(=O)c3cccc(CCN(C)C)n3)c2)c(C)c1. The minimum absolute atomic E-state index is 0.0339. The normalized spacial score (nSPS) is 12.7. The Hall–Kier alpha value is -4.18. The summed E-state index contributed by atoms with van der Waals surface area (Å²) in [5.74, 6) is -5.04. The van der Waals surface area contributed by atoms with E-state index in [0.29, 0.717) is 23.2 Å². The van der Waals surface area contributed by atoms with E-state index in [4.69, 9.17) is 0 Å². The van der Waals surface area contributed by atoms with Crippen LogP contribution in [0, 0.1) is 38.3 Å². The Morgan fingerprint density at radius 1 is 0.977 bits per heavy atom. The Bertz CT molecular complexity index is 1500. The zero-order valence-corrected chi connectivity index (χ0v) is 26.4. The lowest BCUT2D eigenvalue weighted by Crippen LogP contribution is -2.48. The second kappa shape index (κ2) is 15.0. The first-order valence-electron chi connectivity index (χ1n) is 14.7. The van der Waals surface area contributed by atoms with Gasteiger partial charge in [-0.3, -0.25) is 14.4 Å². The molecule has 0 aliphatic heterocycles. The highest BCUT2D eigenvalue weighted by atomic mass is 19.2. The molecule has 3 rings (SSSR count). The van der Waals surface area contributed by atoms with Gasteiger partial charge in [0, 0.05) is 24.2 Å². The number of hydrogen-bond acceptors (Lipinski definition) is 5. The number of carbonyl (C=O) groups excluding carboxylic acids is 2. The van der Waals surface area contributed by atoms with Crippen molar-refractivity contribution in [2.24, 2.45) is 5.92 Å². The zero-order valence-electron chi connectivity index (χ0n) is 26.4. The number of amides is 2. The topological polar surface area (TPSA) is 112 Å². The molecular formula is C34H42F2N4O4. The van der Waals surface area contributed by atoms with Gasteiger partial charge in [0.05, 0.1) is 12.5 Å². The fourth-order valence-electron chi connectivity index (χ4n) is 5.35. The largest absolute Gasteiger partial charge is 0.481 e. The Morgan fingerprint density at radius 2 is 1.64 bits per heavy atom. The van der Waals surface area contributed by atoms with Crippen LogP contribution in [0.3, 0.4) is 0 Å². The van der Waals surface area contributed by atoms with E-state index in [1.807, 2.05) is 71.8 Å². The second-order valence-corrected chi connectivity index (χ2v) is 12.0. The van der Waals surface area contributed by atoms with Gasteiger partial charge in [-0.25, -0.2) is 13.8 Å². The van der Waals surface area contributed by atoms with E-state index in [1.165, 1.54) is 6.07 Å². The van der Waals surface area contributed by atoms with E-state index < -0.39 is 47.9 Å². The number of likely N-dealkylation sites (N-methyl/N-ethyl adjacent to an activating group) is 1. The molecule has 0 radical (unpaired) electrons. The number of nitrogens with one attached hydrogen (secondary N) is 2. The molecule has 0 saturated carbocycles. The number of carboxylic acid groups (broad SMARTS) is 1. The number of halogens is 2. The Labute approximate surface area is 257 Å². The molecule has 0 spiro atoms. The van der Waals surface area contributed by atoms with Crippen LogP contribution in [0.4, 0.5) is 8.78 Å². The van der Waals surface area contributed by atoms with Crippen molar-refractivity contribution < 1.29 is 28.3 Å². The molecule has 0 unspecified atom stereocenters. The zero-order chi connectivity index (χ0) is 32.7. The number of nitrogens with zero attached hydrogens (tertiary/aromatic N) is 2. The van der Waals surface area contributed by atoms with Gasteiger partial charge in [0.1, 0.15) is 11.7 Å². The summed E-state index contributed by atoms with van der Waals surface area (Å²) in [7, 11) is 3.87. The number of aliphatic carboxylic acids is 1. The molecule has 2 atom stereocenters. The molecule has 3 aromatic rings. The molecule has 0 saturated heterocycles. The van der Waals surface area contributed by atoms with E-state index in [-0.39, 0.29) is 23.6 Å². The first-order valence-corrected chi connectivity index (χ1v) is 14.7. The predicted molar refractivity (Wildman–Crippen MR) is 166 cm³/mol. The third-order valence-electron chi connectivity index (χ3n) is 7.28. The molecule has 0 fully saturated rings. The third kappa shape index (κ3) is 9.16. The van der Waals surface area contributed by atoms with Crippen LogP contribution >= 0.6 is 0 Å². The van der Waals surface area contributed by atoms with E-state index >= 15 is 8.78 Å². The third-order valence-corrected chi connectivity index (χ3v) is 7.28. The molecule has 2 aromatic carbocycles. The Morgan fingerprint density at radius 3 is 2.23 bits per heavy atom. The molecule has 1 aromatic heterocycles. The molecule has 10 heteroatoms. The van der Waals surface area contributed by atoms with Crippen molar-refractivity contribution in [2.45, 2.75) is 66.0 Å². The van der Waals surface area contributed by atoms with Crippen molar-refractivity contribution in [1.82, 2.24) is 20.5 Å². The first-order chi connectivity index (χ1) is 20.7. The number of carbonyl (C=O) groups is 3. The number of aromatic nitrogens is 1. The van der Waals surface area contributed by atoms with Crippen LogP contribution in [0.1, 0.15) is 71.2 Å². The summed E-state index contributed by atoms with van der Waals surface area (Å²) in [4.78, 5) is 45.0. The summed E-state index contributed by atoms with van der Waals surface area (Å²) in [5.41, 5.74) is 4.32. The van der Waals surface area contributed by atoms with Crippen LogP contribution < -0.4 is 10.6 Å². The molecule has 236 valence electrons. The van der Waals surface area contributed by atoms with Crippen LogP contribution in [0.25, 0.3) is 11.1 Å². The summed E-state index contributed by atoms with van der Waals surface area (Å²) >= 11 is 0. The molecule has 0 aliphatic carbocycles. The molecule has 8 nitrogen and oxygen atoms in total. The monoisotopic (exact) mass is 608 g/mol. The minimum Gasteiger partial charge on any atom is -0.481 e. The molecule has 0 aliphatic rings. The summed E-state index contributed by atoms with van der Waals surface area (Å²) in [5, 5.41) is 15.0. The van der Waals surface area contributed by atoms with Crippen LogP contribution in [0.15, 0.2) is 42.5 Å². The van der Waals surface area contributed by atoms with Crippen molar-refractivity contribution in [3.63, 3.8) is 0 Å². The van der Waals surface area contributed by atoms with Crippen LogP contribution in [0.5, 0.6) is 0 Å². The number of pyridine rings is 1.